The number of imidazole rings is 1. The molecule has 0 spiro atoms. The third kappa shape index (κ3) is 4.82. The number of hydrogen-bond donors (Lipinski definition) is 1. The van der Waals surface area contributed by atoms with E-state index in [1.54, 1.807) is 25.3 Å². The van der Waals surface area contributed by atoms with Crippen molar-refractivity contribution in [2.45, 2.75) is 26.8 Å². The van der Waals surface area contributed by atoms with Crippen molar-refractivity contribution < 1.29 is 14.3 Å². The Labute approximate surface area is 165 Å². The maximum atomic E-state index is 12.4. The SMILES string of the molecule is COc1cc(C(=O)NCCCn2cnc3ccccc32)ccc1OCC(C)C. The van der Waals surface area contributed by atoms with E-state index in [4.69, 9.17) is 9.47 Å². The fraction of sp³-hybridized carbons (Fsp3) is 0.364. The van der Waals surface area contributed by atoms with Crippen molar-refractivity contribution in [2.75, 3.05) is 20.3 Å². The highest BCUT2D eigenvalue weighted by Crippen LogP contribution is 2.28. The number of fused-ring (bicyclic) bond motifs is 1. The molecule has 3 rings (SSSR count). The van der Waals surface area contributed by atoms with Gasteiger partial charge in [0.2, 0.25) is 0 Å². The highest BCUT2D eigenvalue weighted by Gasteiger charge is 2.11. The summed E-state index contributed by atoms with van der Waals surface area (Å²) in [5.74, 6) is 1.52. The molecule has 0 aliphatic carbocycles. The molecule has 0 saturated heterocycles. The summed E-state index contributed by atoms with van der Waals surface area (Å²) >= 11 is 0. The van der Waals surface area contributed by atoms with Crippen LogP contribution in [0.2, 0.25) is 0 Å². The lowest BCUT2D eigenvalue weighted by atomic mass is 10.2. The Balaban J connectivity index is 1.53. The number of rotatable bonds is 9. The molecule has 0 unspecified atom stereocenters. The molecule has 6 heteroatoms. The molecule has 0 radical (unpaired) electrons. The minimum absolute atomic E-state index is 0.121. The van der Waals surface area contributed by atoms with Gasteiger partial charge in [-0.15, -0.1) is 0 Å². The van der Waals surface area contributed by atoms with E-state index in [9.17, 15) is 4.79 Å². The third-order valence-corrected chi connectivity index (χ3v) is 4.39. The second-order valence-electron chi connectivity index (χ2n) is 7.11. The van der Waals surface area contributed by atoms with Crippen molar-refractivity contribution in [1.29, 1.82) is 0 Å². The molecule has 0 bridgehead atoms. The highest BCUT2D eigenvalue weighted by molar-refractivity contribution is 5.94. The minimum atomic E-state index is -0.121. The summed E-state index contributed by atoms with van der Waals surface area (Å²) in [6.07, 6.45) is 2.66. The smallest absolute Gasteiger partial charge is 0.251 e. The monoisotopic (exact) mass is 381 g/mol. The van der Waals surface area contributed by atoms with Crippen LogP contribution < -0.4 is 14.8 Å². The van der Waals surface area contributed by atoms with E-state index < -0.39 is 0 Å². The number of para-hydroxylation sites is 2. The van der Waals surface area contributed by atoms with E-state index in [2.05, 4.69) is 34.8 Å². The first-order chi connectivity index (χ1) is 13.6. The highest BCUT2D eigenvalue weighted by atomic mass is 16.5. The Hall–Kier alpha value is -3.02. The third-order valence-electron chi connectivity index (χ3n) is 4.39. The summed E-state index contributed by atoms with van der Waals surface area (Å²) in [5, 5.41) is 2.96. The van der Waals surface area contributed by atoms with Gasteiger partial charge in [0, 0.05) is 18.7 Å². The molecule has 0 aliphatic rings. The molecule has 3 aromatic rings. The first kappa shape index (κ1) is 19.7. The van der Waals surface area contributed by atoms with Gasteiger partial charge in [0.25, 0.3) is 5.91 Å². The van der Waals surface area contributed by atoms with Crippen molar-refractivity contribution in [3.8, 4) is 11.5 Å². The largest absolute Gasteiger partial charge is 0.493 e. The zero-order valence-electron chi connectivity index (χ0n) is 16.6. The molecule has 148 valence electrons. The van der Waals surface area contributed by atoms with Crippen molar-refractivity contribution in [1.82, 2.24) is 14.9 Å². The van der Waals surface area contributed by atoms with Crippen LogP contribution in [0, 0.1) is 5.92 Å². The second-order valence-corrected chi connectivity index (χ2v) is 7.11. The van der Waals surface area contributed by atoms with Crippen LogP contribution in [-0.2, 0) is 6.54 Å². The molecule has 1 amide bonds. The molecule has 2 aromatic carbocycles. The number of hydrogen-bond acceptors (Lipinski definition) is 4. The Morgan fingerprint density at radius 2 is 2.00 bits per heavy atom. The van der Waals surface area contributed by atoms with Gasteiger partial charge in [0.05, 0.1) is 31.1 Å². The van der Waals surface area contributed by atoms with Crippen molar-refractivity contribution >= 4 is 16.9 Å². The second kappa shape index (κ2) is 9.26. The van der Waals surface area contributed by atoms with Gasteiger partial charge < -0.3 is 19.4 Å². The molecule has 1 aromatic heterocycles. The van der Waals surface area contributed by atoms with Crippen LogP contribution in [-0.4, -0.2) is 35.7 Å². The summed E-state index contributed by atoms with van der Waals surface area (Å²) in [6, 6.07) is 13.3. The van der Waals surface area contributed by atoms with Crippen LogP contribution in [0.4, 0.5) is 0 Å². The van der Waals surface area contributed by atoms with E-state index in [1.165, 1.54) is 0 Å². The standard InChI is InChI=1S/C22H27N3O3/c1-16(2)14-28-20-10-9-17(13-21(20)27-3)22(26)23-11-6-12-25-15-24-18-7-4-5-8-19(18)25/h4-5,7-10,13,15-16H,6,11-12,14H2,1-3H3,(H,23,26). The fourth-order valence-corrected chi connectivity index (χ4v) is 2.93. The lowest BCUT2D eigenvalue weighted by molar-refractivity contribution is 0.0952. The number of aromatic nitrogens is 2. The number of amides is 1. The van der Waals surface area contributed by atoms with Crippen LogP contribution >= 0.6 is 0 Å². The number of nitrogens with one attached hydrogen (secondary N) is 1. The number of benzene rings is 2. The normalized spacial score (nSPS) is 11.0. The lowest BCUT2D eigenvalue weighted by Crippen LogP contribution is -2.25. The Morgan fingerprint density at radius 1 is 1.18 bits per heavy atom. The van der Waals surface area contributed by atoms with Crippen LogP contribution in [0.25, 0.3) is 11.0 Å². The Kier molecular flexibility index (Phi) is 6.53. The predicted octanol–water partition coefficient (Wildman–Crippen LogP) is 3.90. The van der Waals surface area contributed by atoms with Gasteiger partial charge in [-0.3, -0.25) is 4.79 Å². The molecule has 28 heavy (non-hydrogen) atoms. The van der Waals surface area contributed by atoms with E-state index in [0.29, 0.717) is 36.1 Å². The molecule has 0 aliphatic heterocycles. The van der Waals surface area contributed by atoms with Gasteiger partial charge in [-0.25, -0.2) is 4.98 Å². The van der Waals surface area contributed by atoms with E-state index in [1.807, 2.05) is 24.5 Å². The van der Waals surface area contributed by atoms with E-state index in [-0.39, 0.29) is 5.91 Å². The maximum absolute atomic E-state index is 12.4. The van der Waals surface area contributed by atoms with Gasteiger partial charge >= 0.3 is 0 Å². The number of carbonyl (C=O) groups excluding carboxylic acids is 1. The van der Waals surface area contributed by atoms with Crippen LogP contribution in [0.15, 0.2) is 48.8 Å². The quantitative estimate of drug-likeness (QED) is 0.571. The van der Waals surface area contributed by atoms with Gasteiger partial charge in [-0.05, 0) is 42.7 Å². The van der Waals surface area contributed by atoms with Crippen LogP contribution in [0.1, 0.15) is 30.6 Å². The number of ether oxygens (including phenoxy) is 2. The molecule has 0 fully saturated rings. The number of carbonyl (C=O) groups is 1. The summed E-state index contributed by atoms with van der Waals surface area (Å²) in [4.78, 5) is 16.8. The first-order valence-electron chi connectivity index (χ1n) is 9.57. The maximum Gasteiger partial charge on any atom is 0.251 e. The number of aryl methyl sites for hydroxylation is 1. The average Bonchev–Trinajstić information content (AvgIpc) is 3.12. The predicted molar refractivity (Wildman–Crippen MR) is 110 cm³/mol. The van der Waals surface area contributed by atoms with Crippen molar-refractivity contribution in [3.05, 3.63) is 54.4 Å². The van der Waals surface area contributed by atoms with Crippen molar-refractivity contribution in [3.63, 3.8) is 0 Å². The van der Waals surface area contributed by atoms with Gasteiger partial charge in [0.1, 0.15) is 0 Å². The molecule has 1 heterocycles. The fourth-order valence-electron chi connectivity index (χ4n) is 2.93. The summed E-state index contributed by atoms with van der Waals surface area (Å²) in [6.45, 7) is 6.15. The molecule has 1 N–H and O–H groups in total. The summed E-state index contributed by atoms with van der Waals surface area (Å²) in [7, 11) is 1.58. The average molecular weight is 381 g/mol. The van der Waals surface area contributed by atoms with E-state index in [0.717, 1.165) is 24.0 Å². The summed E-state index contributed by atoms with van der Waals surface area (Å²) in [5.41, 5.74) is 2.65. The van der Waals surface area contributed by atoms with E-state index >= 15 is 0 Å². The molecular formula is C22H27N3O3. The Morgan fingerprint density at radius 3 is 2.79 bits per heavy atom. The van der Waals surface area contributed by atoms with Crippen molar-refractivity contribution in [2.24, 2.45) is 5.92 Å². The topological polar surface area (TPSA) is 65.4 Å². The van der Waals surface area contributed by atoms with Gasteiger partial charge in [0.15, 0.2) is 11.5 Å². The lowest BCUT2D eigenvalue weighted by Gasteiger charge is -2.13. The first-order valence-corrected chi connectivity index (χ1v) is 9.57. The summed E-state index contributed by atoms with van der Waals surface area (Å²) < 4.78 is 13.2. The number of methoxy groups -OCH3 is 1. The zero-order valence-corrected chi connectivity index (χ0v) is 16.6. The van der Waals surface area contributed by atoms with Crippen LogP contribution in [0.3, 0.4) is 0 Å². The Bertz CT molecular complexity index is 934. The molecule has 0 atom stereocenters. The molecule has 6 nitrogen and oxygen atoms in total. The van der Waals surface area contributed by atoms with Crippen LogP contribution in [0.5, 0.6) is 11.5 Å². The zero-order chi connectivity index (χ0) is 19.9. The molecule has 0 saturated carbocycles. The number of nitrogens with zero attached hydrogens (tertiary/aromatic N) is 2. The van der Waals surface area contributed by atoms with Gasteiger partial charge in [-0.1, -0.05) is 26.0 Å². The van der Waals surface area contributed by atoms with Gasteiger partial charge in [-0.2, -0.15) is 0 Å². The molecular weight excluding hydrogens is 354 g/mol. The minimum Gasteiger partial charge on any atom is -0.493 e.